The number of carbonyl (C=O) groups is 14. The van der Waals surface area contributed by atoms with Gasteiger partial charge in [-0.05, 0) is 146 Å². The molecule has 0 radical (unpaired) electrons. The summed E-state index contributed by atoms with van der Waals surface area (Å²) in [6, 6.07) is 24.1. The second-order valence-electron chi connectivity index (χ2n) is 30.9. The molecule has 0 fully saturated rings. The molecule has 662 valence electrons. The van der Waals surface area contributed by atoms with Gasteiger partial charge in [0, 0.05) is 96.8 Å². The molecule has 33 nitrogen and oxygen atoms in total. The summed E-state index contributed by atoms with van der Waals surface area (Å²) in [5, 5.41) is 106. The first-order chi connectivity index (χ1) is 57.1. The van der Waals surface area contributed by atoms with E-state index in [-0.39, 0.29) is 142 Å². The van der Waals surface area contributed by atoms with Crippen LogP contribution in [0.1, 0.15) is 191 Å². The molecular formula is C87H127N11O22. The van der Waals surface area contributed by atoms with E-state index < -0.39 is 225 Å². The normalized spacial score (nSPS) is 15.0. The lowest BCUT2D eigenvalue weighted by Gasteiger charge is -2.25. The molecule has 0 heterocycles. The lowest BCUT2D eigenvalue weighted by molar-refractivity contribution is -0.133. The Morgan fingerprint density at radius 1 is 0.258 bits per heavy atom. The maximum absolute atomic E-state index is 14.8. The van der Waals surface area contributed by atoms with Crippen molar-refractivity contribution in [3.8, 4) is 0 Å². The molecule has 15 unspecified atom stereocenters. The summed E-state index contributed by atoms with van der Waals surface area (Å²) < 4.78 is 0. The zero-order chi connectivity index (χ0) is 88.5. The van der Waals surface area contributed by atoms with E-state index in [2.05, 4.69) is 53.2 Å². The zero-order valence-corrected chi connectivity index (χ0v) is 69.3. The van der Waals surface area contributed by atoms with Gasteiger partial charge >= 0.3 is 0 Å². The molecule has 0 saturated carbocycles. The highest BCUT2D eigenvalue weighted by Gasteiger charge is 2.34. The average Bonchev–Trinajstić information content (AvgIpc) is 0.843. The van der Waals surface area contributed by atoms with Crippen molar-refractivity contribution in [3.05, 3.63) is 144 Å². The molecule has 33 heteroatoms. The Labute approximate surface area is 701 Å². The van der Waals surface area contributed by atoms with Gasteiger partial charge in [-0.1, -0.05) is 121 Å². The largest absolute Gasteiger partial charge is 0.393 e. The molecule has 0 bridgehead atoms. The van der Waals surface area contributed by atoms with Crippen molar-refractivity contribution in [2.24, 2.45) is 5.73 Å². The fourth-order valence-electron chi connectivity index (χ4n) is 13.1. The molecule has 0 aromatic heterocycles. The molecule has 0 spiro atoms. The van der Waals surface area contributed by atoms with E-state index in [4.69, 9.17) is 5.73 Å². The highest BCUT2D eigenvalue weighted by Crippen LogP contribution is 2.17. The number of hydrogen-bond acceptors (Lipinski definition) is 23. The minimum absolute atomic E-state index is 0.0219. The first-order valence-electron chi connectivity index (χ1n) is 41.4. The van der Waals surface area contributed by atoms with Gasteiger partial charge in [-0.2, -0.15) is 0 Å². The Balaban J connectivity index is 1.66. The Morgan fingerprint density at radius 2 is 0.475 bits per heavy atom. The minimum Gasteiger partial charge on any atom is -0.393 e. The van der Waals surface area contributed by atoms with E-state index in [1.807, 2.05) is 0 Å². The molecule has 20 N–H and O–H groups in total. The van der Waals surface area contributed by atoms with E-state index >= 15 is 0 Å². The van der Waals surface area contributed by atoms with Crippen LogP contribution in [0.15, 0.2) is 121 Å². The highest BCUT2D eigenvalue weighted by molar-refractivity contribution is 5.98. The fraction of sp³-hybridized carbons (Fsp3) is 0.563. The van der Waals surface area contributed by atoms with Crippen LogP contribution in [0.3, 0.4) is 0 Å². The zero-order valence-electron chi connectivity index (χ0n) is 69.3. The molecule has 4 aromatic rings. The summed E-state index contributed by atoms with van der Waals surface area (Å²) in [5.74, 6) is -9.98. The average molecular weight is 1680 g/mol. The molecule has 15 atom stereocenters. The molecule has 10 amide bonds. The third-order valence-electron chi connectivity index (χ3n) is 19.7. The molecule has 0 aliphatic rings. The standard InChI is InChI=1S/C87H127N11O22/c1-55(99)47-63(103)39-43-89-78(111)35-28-74(107)70(51-59-17-9-5-10-18-59)94-83(116)33-26-68(86(119)97-72(53-61-21-13-7-14-22-61)76(109)30-37-80(113)91-45-41-65(105)49-57(3)101)93-82(115)32-25-67(88)85(118)96-69(87(120)98-73(54-62-23-15-8-16-24-62)77(110)31-38-81(114)92-46-42-66(106)50-58(4)102)27-34-84(117)95-71(52-60-19-11-6-12-20-60)75(108)29-36-79(112)90-44-40-64(104)48-56(2)100/h5-24,55-58,63-73,99-106H,25-54,88H2,1-4H3,(H,89,111)(H,90,112)(H,91,113)(H,92,114)(H,93,115)(H,94,116)(H,95,117)(H,96,118)(H,97,119)(H,98,120). The number of hydrogen-bond donors (Lipinski definition) is 19. The third-order valence-corrected chi connectivity index (χ3v) is 19.7. The van der Waals surface area contributed by atoms with Gasteiger partial charge in [0.2, 0.25) is 59.1 Å². The number of aliphatic hydroxyl groups excluding tert-OH is 8. The van der Waals surface area contributed by atoms with Crippen LogP contribution in [0.5, 0.6) is 0 Å². The van der Waals surface area contributed by atoms with Crippen molar-refractivity contribution in [1.29, 1.82) is 0 Å². The van der Waals surface area contributed by atoms with Gasteiger partial charge in [0.05, 0.1) is 79.0 Å². The molecule has 0 saturated heterocycles. The first kappa shape index (κ1) is 102. The maximum atomic E-state index is 14.8. The Hall–Kier alpha value is -10.1. The summed E-state index contributed by atoms with van der Waals surface area (Å²) in [6.45, 7) is 6.19. The van der Waals surface area contributed by atoms with Crippen molar-refractivity contribution in [1.82, 2.24) is 53.2 Å². The number of carbonyl (C=O) groups excluding carboxylic acids is 14. The third kappa shape index (κ3) is 45.3. The number of ketones is 4. The highest BCUT2D eigenvalue weighted by atomic mass is 16.3. The van der Waals surface area contributed by atoms with Crippen LogP contribution in [0.4, 0.5) is 0 Å². The number of rotatable bonds is 62. The summed E-state index contributed by atoms with van der Waals surface area (Å²) in [5.41, 5.74) is 8.94. The van der Waals surface area contributed by atoms with Crippen molar-refractivity contribution in [2.75, 3.05) is 26.2 Å². The SMILES string of the molecule is CC(O)CC(O)CCNC(=O)CCC(=O)C(Cc1ccccc1)NC(=O)CCC(NC(=O)CCC(N)C(=O)NC(CCC(=O)NC(Cc1ccccc1)C(=O)CCC(=O)NCCC(O)CC(C)O)C(=O)NC(Cc1ccccc1)C(=O)CCC(=O)NCCC(O)CC(C)O)C(=O)NC(Cc1ccccc1)C(=O)CCC(=O)NCCC(O)CC(C)O. The summed E-state index contributed by atoms with van der Waals surface area (Å²) in [4.78, 5) is 195. The van der Waals surface area contributed by atoms with Crippen LogP contribution in [-0.2, 0) is 92.8 Å². The van der Waals surface area contributed by atoms with Crippen molar-refractivity contribution < 1.29 is 108 Å². The number of amides is 10. The molecule has 0 aliphatic heterocycles. The fourth-order valence-corrected chi connectivity index (χ4v) is 13.1. The lowest BCUT2D eigenvalue weighted by atomic mass is 9.98. The van der Waals surface area contributed by atoms with Crippen molar-refractivity contribution in [3.63, 3.8) is 0 Å². The number of nitrogens with one attached hydrogen (secondary N) is 10. The quantitative estimate of drug-likeness (QED) is 0.0286. The molecular weight excluding hydrogens is 1550 g/mol. The molecule has 0 aliphatic carbocycles. The Bertz CT molecular complexity index is 3820. The maximum Gasteiger partial charge on any atom is 0.243 e. The summed E-state index contributed by atoms with van der Waals surface area (Å²) in [7, 11) is 0. The van der Waals surface area contributed by atoms with E-state index in [1.54, 1.807) is 121 Å². The van der Waals surface area contributed by atoms with Crippen LogP contribution in [0.25, 0.3) is 0 Å². The lowest BCUT2D eigenvalue weighted by Crippen LogP contribution is -2.55. The number of aliphatic hydroxyl groups is 8. The van der Waals surface area contributed by atoms with Gasteiger partial charge < -0.3 is 99.8 Å². The first-order valence-corrected chi connectivity index (χ1v) is 41.4. The van der Waals surface area contributed by atoms with E-state index in [0.29, 0.717) is 22.3 Å². The van der Waals surface area contributed by atoms with Crippen LogP contribution in [0.2, 0.25) is 0 Å². The predicted octanol–water partition coefficient (Wildman–Crippen LogP) is 0.483. The Kier molecular flexibility index (Phi) is 48.7. The van der Waals surface area contributed by atoms with Gasteiger partial charge in [-0.15, -0.1) is 0 Å². The number of Topliss-reactive ketones (excluding diaryl/α,β-unsaturated/α-hetero) is 4. The van der Waals surface area contributed by atoms with E-state index in [9.17, 15) is 108 Å². The second-order valence-corrected chi connectivity index (χ2v) is 30.9. The molecule has 4 rings (SSSR count). The van der Waals surface area contributed by atoms with Crippen LogP contribution >= 0.6 is 0 Å². The monoisotopic (exact) mass is 1680 g/mol. The summed E-state index contributed by atoms with van der Waals surface area (Å²) in [6.07, 6.45) is -12.2. The smallest absolute Gasteiger partial charge is 0.243 e. The van der Waals surface area contributed by atoms with Crippen LogP contribution in [-0.4, -0.2) is 240 Å². The van der Waals surface area contributed by atoms with Crippen molar-refractivity contribution in [2.45, 2.75) is 286 Å². The van der Waals surface area contributed by atoms with E-state index in [0.717, 1.165) is 0 Å². The van der Waals surface area contributed by atoms with Crippen LogP contribution < -0.4 is 58.9 Å². The van der Waals surface area contributed by atoms with Crippen LogP contribution in [0, 0.1) is 0 Å². The van der Waals surface area contributed by atoms with E-state index in [1.165, 1.54) is 27.7 Å². The number of benzene rings is 4. The number of nitrogens with two attached hydrogens (primary N) is 1. The second kappa shape index (κ2) is 57.2. The minimum atomic E-state index is -1.70. The van der Waals surface area contributed by atoms with Gasteiger partial charge in [-0.3, -0.25) is 67.1 Å². The topological polar surface area (TPSA) is 547 Å². The van der Waals surface area contributed by atoms with Gasteiger partial charge in [0.15, 0.2) is 23.1 Å². The van der Waals surface area contributed by atoms with Gasteiger partial charge in [0.25, 0.3) is 0 Å². The Morgan fingerprint density at radius 3 is 0.725 bits per heavy atom. The van der Waals surface area contributed by atoms with Gasteiger partial charge in [-0.25, -0.2) is 0 Å². The predicted molar refractivity (Wildman–Crippen MR) is 445 cm³/mol. The molecule has 4 aromatic carbocycles. The van der Waals surface area contributed by atoms with Gasteiger partial charge in [0.1, 0.15) is 12.1 Å². The summed E-state index contributed by atoms with van der Waals surface area (Å²) >= 11 is 0. The van der Waals surface area contributed by atoms with Crippen molar-refractivity contribution >= 4 is 82.2 Å². The molecule has 120 heavy (non-hydrogen) atoms.